The first-order valence-electron chi connectivity index (χ1n) is 22.4. The number of aryl methyl sites for hydroxylation is 1. The van der Waals surface area contributed by atoms with Crippen molar-refractivity contribution in [3.8, 4) is 12.3 Å². The van der Waals surface area contributed by atoms with Crippen LogP contribution in [0.2, 0.25) is 0 Å². The maximum absolute atomic E-state index is 14.0. The van der Waals surface area contributed by atoms with Gasteiger partial charge in [0.25, 0.3) is 0 Å². The molecule has 1 unspecified atom stereocenters. The summed E-state index contributed by atoms with van der Waals surface area (Å²) >= 11 is 0. The van der Waals surface area contributed by atoms with E-state index in [9.17, 15) is 19.8 Å². The number of carbonyl (C=O) groups excluding carboxylic acids is 2. The second-order valence-electron chi connectivity index (χ2n) is 16.0. The molecule has 4 atom stereocenters. The first-order valence-corrected chi connectivity index (χ1v) is 22.4. The third kappa shape index (κ3) is 16.5. The Kier molecular flexibility index (Phi) is 23.0. The second kappa shape index (κ2) is 28.3. The van der Waals surface area contributed by atoms with E-state index in [-0.39, 0.29) is 30.8 Å². The van der Waals surface area contributed by atoms with E-state index in [1.807, 2.05) is 14.7 Å². The van der Waals surface area contributed by atoms with Crippen LogP contribution in [-0.2, 0) is 36.6 Å². The molecule has 3 aromatic rings. The molecule has 2 saturated heterocycles. The fourth-order valence-electron chi connectivity index (χ4n) is 7.44. The summed E-state index contributed by atoms with van der Waals surface area (Å²) in [5, 5.41) is 40.8. The summed E-state index contributed by atoms with van der Waals surface area (Å²) in [4.78, 5) is 50.0. The van der Waals surface area contributed by atoms with E-state index >= 15 is 0 Å². The summed E-state index contributed by atoms with van der Waals surface area (Å²) in [7, 11) is 0. The van der Waals surface area contributed by atoms with Gasteiger partial charge in [-0.05, 0) is 65.5 Å². The summed E-state index contributed by atoms with van der Waals surface area (Å²) in [5.41, 5.74) is 12.8. The van der Waals surface area contributed by atoms with E-state index in [0.717, 1.165) is 31.4 Å². The number of halogens is 1. The van der Waals surface area contributed by atoms with Gasteiger partial charge in [-0.3, -0.25) is 9.59 Å². The van der Waals surface area contributed by atoms with Crippen LogP contribution < -0.4 is 26.6 Å². The lowest BCUT2D eigenvalue weighted by molar-refractivity contribution is -0.138. The Balaban J connectivity index is 0.00000925. The first-order chi connectivity index (χ1) is 31.1. The van der Waals surface area contributed by atoms with Gasteiger partial charge in [0, 0.05) is 77.7 Å². The third-order valence-electron chi connectivity index (χ3n) is 10.9. The predicted molar refractivity (Wildman–Crippen MR) is 245 cm³/mol. The quantitative estimate of drug-likeness (QED) is 0.0434. The van der Waals surface area contributed by atoms with E-state index in [0.29, 0.717) is 148 Å². The highest BCUT2D eigenvalue weighted by Gasteiger charge is 2.35. The van der Waals surface area contributed by atoms with Gasteiger partial charge < -0.3 is 60.8 Å². The number of unbranched alkanes of at least 4 members (excludes halogenated alkanes) is 2. The van der Waals surface area contributed by atoms with Gasteiger partial charge in [0.15, 0.2) is 6.04 Å². The highest BCUT2D eigenvalue weighted by Crippen LogP contribution is 2.24. The molecule has 0 saturated carbocycles. The number of aromatic nitrogens is 9. The van der Waals surface area contributed by atoms with Crippen LogP contribution in [0, 0.1) is 12.3 Å². The standard InChI is InChI=1S/C41H68N16O7.ClH/c1-4-22-62-24-26-64-27-25-63-23-13-44-39-45-40(54-18-14-52(15-19-54)37(60)35(10-6-8-12-43)56-30-34(49-50-56)28-31(2)58)47-41(46-39)55-20-16-53(17-21-55)38(61)36(32(3)59)57-29-33(48-51-57)9-5-7-11-42;/h1,29-32,35-36,58-59H,5-28,42-43H2,2-3H3,(H,44,45,46,47);1H/t31?,32-,35+,36+;/m1./s1. The molecule has 0 aromatic carbocycles. The number of amides is 2. The normalized spacial score (nSPS) is 16.1. The number of hydrogen-bond donors (Lipinski definition) is 5. The Morgan fingerprint density at radius 1 is 0.754 bits per heavy atom. The molecule has 65 heavy (non-hydrogen) atoms. The minimum Gasteiger partial charge on any atom is -0.393 e. The van der Waals surface area contributed by atoms with Crippen LogP contribution in [0.1, 0.15) is 69.4 Å². The van der Waals surface area contributed by atoms with Crippen molar-refractivity contribution in [2.75, 3.05) is 127 Å². The molecule has 2 fully saturated rings. The smallest absolute Gasteiger partial charge is 0.250 e. The minimum atomic E-state index is -0.992. The molecule has 362 valence electrons. The van der Waals surface area contributed by atoms with E-state index in [1.165, 1.54) is 4.68 Å². The molecular weight excluding hydrogens is 864 g/mol. The first kappa shape index (κ1) is 52.8. The van der Waals surface area contributed by atoms with Gasteiger partial charge in [-0.2, -0.15) is 15.0 Å². The maximum atomic E-state index is 14.0. The third-order valence-corrected chi connectivity index (χ3v) is 10.9. The number of hydrogen-bond acceptors (Lipinski definition) is 19. The lowest BCUT2D eigenvalue weighted by atomic mass is 10.1. The van der Waals surface area contributed by atoms with Crippen LogP contribution in [0.3, 0.4) is 0 Å². The Hall–Kier alpha value is -4.80. The fraction of sp³-hybridized carbons (Fsp3) is 0.732. The van der Waals surface area contributed by atoms with Crippen molar-refractivity contribution in [1.29, 1.82) is 0 Å². The number of terminal acetylenes is 1. The SMILES string of the molecule is C#CCOCCOCCOCCNc1nc(N2CCN(C(=O)[C@H]([C@@H](C)O)n3cc(CCCCN)nn3)CC2)nc(N2CCN(C(=O)[C@H](CCCCN)n3cc(CC(C)O)nn3)CC2)n1.Cl. The molecule has 5 heterocycles. The summed E-state index contributed by atoms with van der Waals surface area (Å²) < 4.78 is 19.5. The van der Waals surface area contributed by atoms with Gasteiger partial charge in [-0.25, -0.2) is 9.36 Å². The van der Waals surface area contributed by atoms with Crippen molar-refractivity contribution >= 4 is 42.1 Å². The zero-order valence-electron chi connectivity index (χ0n) is 37.8. The molecule has 3 aromatic heterocycles. The average Bonchev–Trinajstić information content (AvgIpc) is 3.96. The Bertz CT molecular complexity index is 1880. The molecule has 24 heteroatoms. The molecule has 0 spiro atoms. The maximum Gasteiger partial charge on any atom is 0.250 e. The predicted octanol–water partition coefficient (Wildman–Crippen LogP) is -0.934. The van der Waals surface area contributed by atoms with Gasteiger partial charge in [-0.15, -0.1) is 29.0 Å². The van der Waals surface area contributed by atoms with Crippen LogP contribution in [0.25, 0.3) is 0 Å². The number of ether oxygens (including phenoxy) is 3. The molecule has 7 N–H and O–H groups in total. The molecule has 0 aliphatic carbocycles. The second-order valence-corrected chi connectivity index (χ2v) is 16.0. The zero-order chi connectivity index (χ0) is 45.7. The molecule has 2 aliphatic rings. The highest BCUT2D eigenvalue weighted by molar-refractivity contribution is 5.85. The van der Waals surface area contributed by atoms with Crippen LogP contribution in [-0.4, -0.2) is 201 Å². The fourth-order valence-corrected chi connectivity index (χ4v) is 7.44. The van der Waals surface area contributed by atoms with E-state index in [1.54, 1.807) is 35.8 Å². The molecule has 5 rings (SSSR count). The summed E-state index contributed by atoms with van der Waals surface area (Å²) in [6, 6.07) is -1.46. The lowest BCUT2D eigenvalue weighted by Gasteiger charge is -2.38. The molecule has 2 aliphatic heterocycles. The van der Waals surface area contributed by atoms with Crippen molar-refractivity contribution in [3.63, 3.8) is 0 Å². The number of aliphatic hydroxyl groups is 2. The summed E-state index contributed by atoms with van der Waals surface area (Å²) in [6.45, 7) is 10.5. The summed E-state index contributed by atoms with van der Waals surface area (Å²) in [5.74, 6) is 3.39. The van der Waals surface area contributed by atoms with Crippen molar-refractivity contribution in [2.24, 2.45) is 11.5 Å². The Morgan fingerprint density at radius 3 is 1.91 bits per heavy atom. The van der Waals surface area contributed by atoms with Crippen LogP contribution in [0.15, 0.2) is 12.4 Å². The van der Waals surface area contributed by atoms with Crippen LogP contribution >= 0.6 is 12.4 Å². The highest BCUT2D eigenvalue weighted by atomic mass is 35.5. The van der Waals surface area contributed by atoms with Gasteiger partial charge in [0.2, 0.25) is 29.7 Å². The lowest BCUT2D eigenvalue weighted by Crippen LogP contribution is -2.53. The number of nitrogens with one attached hydrogen (secondary N) is 1. The van der Waals surface area contributed by atoms with Crippen LogP contribution in [0.4, 0.5) is 17.8 Å². The van der Waals surface area contributed by atoms with Gasteiger partial charge in [0.05, 0.1) is 56.6 Å². The van der Waals surface area contributed by atoms with Crippen molar-refractivity contribution < 1.29 is 34.0 Å². The van der Waals surface area contributed by atoms with Crippen molar-refractivity contribution in [2.45, 2.75) is 83.1 Å². The molecule has 2 amide bonds. The number of nitrogens with two attached hydrogens (primary N) is 2. The largest absolute Gasteiger partial charge is 0.393 e. The Morgan fingerprint density at radius 2 is 1.31 bits per heavy atom. The molecular formula is C41H69ClN16O7. The van der Waals surface area contributed by atoms with Crippen molar-refractivity contribution in [3.05, 3.63) is 23.8 Å². The zero-order valence-corrected chi connectivity index (χ0v) is 38.6. The molecule has 23 nitrogen and oxygen atoms in total. The monoisotopic (exact) mass is 933 g/mol. The number of nitrogens with zero attached hydrogens (tertiary/aromatic N) is 13. The number of aliphatic hydroxyl groups excluding tert-OH is 2. The van der Waals surface area contributed by atoms with Gasteiger partial charge in [0.1, 0.15) is 12.6 Å². The number of anilines is 3. The minimum absolute atomic E-state index is 0. The topological polar surface area (TPSA) is 279 Å². The van der Waals surface area contributed by atoms with E-state index < -0.39 is 24.3 Å². The number of rotatable bonds is 28. The number of carbonyl (C=O) groups is 2. The summed E-state index contributed by atoms with van der Waals surface area (Å²) in [6.07, 6.45) is 11.9. The van der Waals surface area contributed by atoms with Gasteiger partial charge in [-0.1, -0.05) is 16.3 Å². The molecule has 0 radical (unpaired) electrons. The average molecular weight is 934 g/mol. The number of piperazine rings is 2. The van der Waals surface area contributed by atoms with Crippen molar-refractivity contribution in [1.82, 2.24) is 54.7 Å². The molecule has 0 bridgehead atoms. The van der Waals surface area contributed by atoms with Crippen LogP contribution in [0.5, 0.6) is 0 Å². The van der Waals surface area contributed by atoms with Gasteiger partial charge >= 0.3 is 0 Å². The van der Waals surface area contributed by atoms with E-state index in [2.05, 4.69) is 31.9 Å². The Labute approximate surface area is 387 Å². The van der Waals surface area contributed by atoms with E-state index in [4.69, 9.17) is 47.1 Å².